The van der Waals surface area contributed by atoms with Gasteiger partial charge in [0.25, 0.3) is 0 Å². The molecule has 4 aromatic heterocycles. The van der Waals surface area contributed by atoms with Crippen molar-refractivity contribution < 1.29 is 4.74 Å². The lowest BCUT2D eigenvalue weighted by Crippen LogP contribution is -2.41. The third-order valence-corrected chi connectivity index (χ3v) is 7.15. The smallest absolute Gasteiger partial charge is 0.213 e. The van der Waals surface area contributed by atoms with E-state index in [2.05, 4.69) is 43.2 Å². The summed E-state index contributed by atoms with van der Waals surface area (Å²) in [5, 5.41) is 10.4. The molecule has 0 aromatic carbocycles. The molecule has 6 heterocycles. The van der Waals surface area contributed by atoms with Crippen molar-refractivity contribution in [1.82, 2.24) is 24.6 Å². The predicted molar refractivity (Wildman–Crippen MR) is 117 cm³/mol. The average Bonchev–Trinajstić information content (AvgIpc) is 3.54. The van der Waals surface area contributed by atoms with E-state index in [1.807, 2.05) is 29.9 Å². The van der Waals surface area contributed by atoms with Gasteiger partial charge < -0.3 is 9.64 Å². The largest absolute Gasteiger partial charge is 0.378 e. The number of aromatic nitrogens is 5. The molecule has 152 valence electrons. The van der Waals surface area contributed by atoms with Crippen molar-refractivity contribution in [2.75, 3.05) is 24.6 Å². The van der Waals surface area contributed by atoms with Gasteiger partial charge in [-0.25, -0.2) is 4.98 Å². The molecule has 2 aliphatic rings. The molecule has 0 aliphatic carbocycles. The zero-order valence-corrected chi connectivity index (χ0v) is 17.6. The molecule has 1 N–H and O–H groups in total. The van der Waals surface area contributed by atoms with E-state index in [9.17, 15) is 0 Å². The Morgan fingerprint density at radius 1 is 1.30 bits per heavy atom. The van der Waals surface area contributed by atoms with E-state index in [1.54, 1.807) is 11.3 Å². The van der Waals surface area contributed by atoms with Gasteiger partial charge >= 0.3 is 0 Å². The Morgan fingerprint density at radius 3 is 2.97 bits per heavy atom. The summed E-state index contributed by atoms with van der Waals surface area (Å²) >= 11 is 1.62. The van der Waals surface area contributed by atoms with Crippen molar-refractivity contribution in [2.45, 2.75) is 32.3 Å². The summed E-state index contributed by atoms with van der Waals surface area (Å²) < 4.78 is 7.95. The summed E-state index contributed by atoms with van der Waals surface area (Å²) in [5.74, 6) is 7.28. The standard InChI is InChI=1S/C22H22N6OS/c1-15-13-22(14-29-15)6-9-27(10-7-22)21-24-19-18(20-23-8-11-28(20)21)17(25-26-19)5-4-16-3-2-12-30-16/h2-3,8,11-12,15H,6-7,9-10,13-14H2,1H3,(H,25,26)/t15-/m0/s1. The number of thiophene rings is 1. The maximum atomic E-state index is 5.88. The Morgan fingerprint density at radius 2 is 2.20 bits per heavy atom. The molecule has 1 atom stereocenters. The fourth-order valence-electron chi connectivity index (χ4n) is 4.79. The number of nitrogens with zero attached hydrogens (tertiary/aromatic N) is 5. The molecule has 0 unspecified atom stereocenters. The third kappa shape index (κ3) is 2.89. The van der Waals surface area contributed by atoms with E-state index < -0.39 is 0 Å². The van der Waals surface area contributed by atoms with Gasteiger partial charge in [0.2, 0.25) is 5.95 Å². The van der Waals surface area contributed by atoms with Crippen LogP contribution in [0.15, 0.2) is 29.9 Å². The number of nitrogens with one attached hydrogen (secondary N) is 1. The summed E-state index contributed by atoms with van der Waals surface area (Å²) in [6.07, 6.45) is 7.61. The minimum Gasteiger partial charge on any atom is -0.378 e. The summed E-state index contributed by atoms with van der Waals surface area (Å²) in [7, 11) is 0. The Labute approximate surface area is 178 Å². The highest BCUT2D eigenvalue weighted by Crippen LogP contribution is 2.42. The molecule has 0 saturated carbocycles. The number of fused-ring (bicyclic) bond motifs is 3. The third-order valence-electron chi connectivity index (χ3n) is 6.37. The van der Waals surface area contributed by atoms with Crippen molar-refractivity contribution in [1.29, 1.82) is 0 Å². The van der Waals surface area contributed by atoms with E-state index in [-0.39, 0.29) is 0 Å². The number of piperidine rings is 1. The highest BCUT2D eigenvalue weighted by molar-refractivity contribution is 7.10. The van der Waals surface area contributed by atoms with Crippen molar-refractivity contribution in [3.05, 3.63) is 40.5 Å². The first-order valence-corrected chi connectivity index (χ1v) is 11.2. The molecular weight excluding hydrogens is 396 g/mol. The van der Waals surface area contributed by atoms with Crippen molar-refractivity contribution in [3.63, 3.8) is 0 Å². The van der Waals surface area contributed by atoms with Crippen LogP contribution >= 0.6 is 11.3 Å². The van der Waals surface area contributed by atoms with E-state index in [0.29, 0.717) is 17.2 Å². The molecule has 2 aliphatic heterocycles. The molecule has 2 fully saturated rings. The predicted octanol–water partition coefficient (Wildman–Crippen LogP) is 3.46. The topological polar surface area (TPSA) is 71.3 Å². The Kier molecular flexibility index (Phi) is 4.08. The minimum absolute atomic E-state index is 0.340. The summed E-state index contributed by atoms with van der Waals surface area (Å²) in [4.78, 5) is 12.9. The van der Waals surface area contributed by atoms with E-state index >= 15 is 0 Å². The van der Waals surface area contributed by atoms with Gasteiger partial charge in [0, 0.05) is 25.5 Å². The number of rotatable bonds is 1. The van der Waals surface area contributed by atoms with Gasteiger partial charge in [-0.1, -0.05) is 6.07 Å². The molecule has 0 bridgehead atoms. The zero-order chi connectivity index (χ0) is 20.1. The number of hydrogen-bond donors (Lipinski definition) is 1. The van der Waals surface area contributed by atoms with Gasteiger partial charge in [0.1, 0.15) is 5.69 Å². The fraction of sp³-hybridized carbons (Fsp3) is 0.409. The van der Waals surface area contributed by atoms with E-state index in [1.165, 1.54) is 6.42 Å². The Bertz CT molecular complexity index is 1270. The zero-order valence-electron chi connectivity index (χ0n) is 16.8. The Balaban J connectivity index is 1.36. The van der Waals surface area contributed by atoms with Crippen LogP contribution in [0.3, 0.4) is 0 Å². The second-order valence-corrected chi connectivity index (χ2v) is 9.32. The van der Waals surface area contributed by atoms with Crippen molar-refractivity contribution >= 4 is 34.0 Å². The van der Waals surface area contributed by atoms with Crippen LogP contribution in [0.25, 0.3) is 16.7 Å². The van der Waals surface area contributed by atoms with E-state index in [4.69, 9.17) is 9.72 Å². The minimum atomic E-state index is 0.340. The quantitative estimate of drug-likeness (QED) is 0.480. The number of hydrogen-bond acceptors (Lipinski definition) is 6. The van der Waals surface area contributed by atoms with E-state index in [0.717, 1.165) is 60.0 Å². The highest BCUT2D eigenvalue weighted by Gasteiger charge is 2.41. The van der Waals surface area contributed by atoms with Crippen LogP contribution in [-0.2, 0) is 4.74 Å². The normalized spacial score (nSPS) is 20.8. The maximum Gasteiger partial charge on any atom is 0.213 e. The summed E-state index contributed by atoms with van der Waals surface area (Å²) in [6, 6.07) is 4.01. The Hall–Kier alpha value is -2.89. The molecule has 6 rings (SSSR count). The van der Waals surface area contributed by atoms with Crippen LogP contribution in [0.4, 0.5) is 5.95 Å². The lowest BCUT2D eigenvalue weighted by molar-refractivity contribution is 0.0975. The first-order chi connectivity index (χ1) is 14.7. The molecule has 0 amide bonds. The molecule has 30 heavy (non-hydrogen) atoms. The van der Waals surface area contributed by atoms with Crippen LogP contribution in [-0.4, -0.2) is 50.4 Å². The van der Waals surface area contributed by atoms with Gasteiger partial charge in [0.05, 0.1) is 23.0 Å². The van der Waals surface area contributed by atoms with Gasteiger partial charge in [-0.15, -0.1) is 11.3 Å². The van der Waals surface area contributed by atoms with Gasteiger partial charge in [-0.05, 0) is 54.9 Å². The highest BCUT2D eigenvalue weighted by atomic mass is 32.1. The number of imidazole rings is 1. The number of aromatic amines is 1. The lowest BCUT2D eigenvalue weighted by atomic mass is 9.77. The van der Waals surface area contributed by atoms with Crippen LogP contribution in [0.1, 0.15) is 36.8 Å². The molecule has 2 saturated heterocycles. The second kappa shape index (κ2) is 6.83. The van der Waals surface area contributed by atoms with Crippen LogP contribution < -0.4 is 4.90 Å². The number of H-pyrrole nitrogens is 1. The second-order valence-electron chi connectivity index (χ2n) is 8.37. The molecule has 7 nitrogen and oxygen atoms in total. The summed E-state index contributed by atoms with van der Waals surface area (Å²) in [6.45, 7) is 5.02. The van der Waals surface area contributed by atoms with Crippen LogP contribution in [0, 0.1) is 17.3 Å². The monoisotopic (exact) mass is 418 g/mol. The van der Waals surface area contributed by atoms with Crippen molar-refractivity contribution in [3.8, 4) is 11.8 Å². The van der Waals surface area contributed by atoms with Gasteiger partial charge in [0.15, 0.2) is 11.3 Å². The first kappa shape index (κ1) is 17.9. The molecule has 1 spiro atoms. The molecule has 8 heteroatoms. The van der Waals surface area contributed by atoms with Gasteiger partial charge in [-0.2, -0.15) is 10.1 Å². The van der Waals surface area contributed by atoms with Crippen LogP contribution in [0.2, 0.25) is 0 Å². The average molecular weight is 419 g/mol. The molecule has 0 radical (unpaired) electrons. The maximum absolute atomic E-state index is 5.88. The van der Waals surface area contributed by atoms with Crippen molar-refractivity contribution in [2.24, 2.45) is 5.41 Å². The number of ether oxygens (including phenoxy) is 1. The fourth-order valence-corrected chi connectivity index (χ4v) is 5.36. The SMILES string of the molecule is C[C@H]1CC2(CCN(c3nc4[nH]nc(C#Cc5cccs5)c4c4nccn34)CC2)CO1. The molecule has 4 aromatic rings. The molecular formula is C22H22N6OS. The van der Waals surface area contributed by atoms with Gasteiger partial charge in [-0.3, -0.25) is 9.50 Å². The number of anilines is 1. The first-order valence-electron chi connectivity index (χ1n) is 10.3. The lowest BCUT2D eigenvalue weighted by Gasteiger charge is -2.39. The van der Waals surface area contributed by atoms with Crippen LogP contribution in [0.5, 0.6) is 0 Å². The summed E-state index contributed by atoms with van der Waals surface area (Å²) in [5.41, 5.74) is 2.60.